The number of esters is 1. The third-order valence-corrected chi connectivity index (χ3v) is 4.27. The molecule has 1 fully saturated rings. The van der Waals surface area contributed by atoms with E-state index in [-0.39, 0.29) is 29.3 Å². The number of ether oxygens (including phenoxy) is 1. The van der Waals surface area contributed by atoms with Crippen LogP contribution in [0.25, 0.3) is 0 Å². The SMILES string of the molecule is C=CCNC(=O)CN1CCN(C(=O)c2cc(C(=O)OC)cc([N+](=O)[O-])c2)CC1. The normalized spacial score (nSPS) is 14.2. The lowest BCUT2D eigenvalue weighted by Gasteiger charge is -2.34. The van der Waals surface area contributed by atoms with Crippen LogP contribution in [0.5, 0.6) is 0 Å². The number of rotatable bonds is 7. The molecular weight excluding hydrogens is 368 g/mol. The van der Waals surface area contributed by atoms with Gasteiger partial charge in [-0.2, -0.15) is 0 Å². The summed E-state index contributed by atoms with van der Waals surface area (Å²) in [6.45, 7) is 5.86. The zero-order chi connectivity index (χ0) is 20.7. The fourth-order valence-corrected chi connectivity index (χ4v) is 2.81. The minimum atomic E-state index is -0.756. The Morgan fingerprint density at radius 1 is 1.21 bits per heavy atom. The number of amides is 2. The molecule has 0 saturated carbocycles. The summed E-state index contributed by atoms with van der Waals surface area (Å²) in [5, 5.41) is 13.8. The Kier molecular flexibility index (Phi) is 7.21. The zero-order valence-corrected chi connectivity index (χ0v) is 15.6. The molecule has 1 aromatic rings. The summed E-state index contributed by atoms with van der Waals surface area (Å²) in [6.07, 6.45) is 1.59. The Morgan fingerprint density at radius 2 is 1.86 bits per heavy atom. The monoisotopic (exact) mass is 390 g/mol. The van der Waals surface area contributed by atoms with E-state index in [4.69, 9.17) is 0 Å². The summed E-state index contributed by atoms with van der Waals surface area (Å²) in [7, 11) is 1.16. The van der Waals surface area contributed by atoms with E-state index >= 15 is 0 Å². The molecular formula is C18H22N4O6. The van der Waals surface area contributed by atoms with Crippen molar-refractivity contribution in [1.82, 2.24) is 15.1 Å². The minimum Gasteiger partial charge on any atom is -0.465 e. The van der Waals surface area contributed by atoms with Gasteiger partial charge in [0.05, 0.1) is 24.1 Å². The maximum absolute atomic E-state index is 12.8. The highest BCUT2D eigenvalue weighted by Gasteiger charge is 2.25. The Bertz CT molecular complexity index is 786. The van der Waals surface area contributed by atoms with Crippen molar-refractivity contribution in [2.45, 2.75) is 0 Å². The van der Waals surface area contributed by atoms with Crippen LogP contribution in [0.15, 0.2) is 30.9 Å². The molecule has 1 aliphatic rings. The molecule has 0 spiro atoms. The predicted octanol–water partition coefficient (Wildman–Crippen LogP) is 0.441. The van der Waals surface area contributed by atoms with Crippen molar-refractivity contribution in [3.8, 4) is 0 Å². The molecule has 1 saturated heterocycles. The number of hydrogen-bond donors (Lipinski definition) is 1. The van der Waals surface area contributed by atoms with E-state index in [0.29, 0.717) is 32.7 Å². The average molecular weight is 390 g/mol. The molecule has 28 heavy (non-hydrogen) atoms. The van der Waals surface area contributed by atoms with E-state index in [0.717, 1.165) is 19.2 Å². The van der Waals surface area contributed by atoms with Gasteiger partial charge < -0.3 is 15.0 Å². The van der Waals surface area contributed by atoms with Crippen molar-refractivity contribution in [2.24, 2.45) is 0 Å². The first-order valence-electron chi connectivity index (χ1n) is 8.62. The lowest BCUT2D eigenvalue weighted by Crippen LogP contribution is -2.51. The highest BCUT2D eigenvalue weighted by Crippen LogP contribution is 2.20. The Balaban J connectivity index is 2.05. The van der Waals surface area contributed by atoms with Gasteiger partial charge in [-0.05, 0) is 6.07 Å². The number of nitro benzene ring substituents is 1. The van der Waals surface area contributed by atoms with Gasteiger partial charge in [0.2, 0.25) is 5.91 Å². The van der Waals surface area contributed by atoms with Gasteiger partial charge in [-0.1, -0.05) is 6.08 Å². The van der Waals surface area contributed by atoms with E-state index in [9.17, 15) is 24.5 Å². The van der Waals surface area contributed by atoms with Crippen LogP contribution in [0, 0.1) is 10.1 Å². The number of methoxy groups -OCH3 is 1. The highest BCUT2D eigenvalue weighted by molar-refractivity contribution is 5.99. The molecule has 1 aliphatic heterocycles. The third-order valence-electron chi connectivity index (χ3n) is 4.27. The Hall–Kier alpha value is -3.27. The second-order valence-electron chi connectivity index (χ2n) is 6.18. The first-order chi connectivity index (χ1) is 13.3. The van der Waals surface area contributed by atoms with Gasteiger partial charge >= 0.3 is 5.97 Å². The minimum absolute atomic E-state index is 0.0479. The van der Waals surface area contributed by atoms with E-state index in [1.54, 1.807) is 6.08 Å². The quantitative estimate of drug-likeness (QED) is 0.310. The highest BCUT2D eigenvalue weighted by atomic mass is 16.6. The second kappa shape index (κ2) is 9.60. The summed E-state index contributed by atoms with van der Waals surface area (Å²) >= 11 is 0. The molecule has 0 unspecified atom stereocenters. The van der Waals surface area contributed by atoms with Gasteiger partial charge in [-0.3, -0.25) is 24.6 Å². The van der Waals surface area contributed by atoms with Crippen molar-refractivity contribution >= 4 is 23.5 Å². The number of piperazine rings is 1. The van der Waals surface area contributed by atoms with Crippen molar-refractivity contribution < 1.29 is 24.0 Å². The largest absolute Gasteiger partial charge is 0.465 e. The van der Waals surface area contributed by atoms with Crippen LogP contribution in [0.3, 0.4) is 0 Å². The Labute approximate surface area is 161 Å². The summed E-state index contributed by atoms with van der Waals surface area (Å²) in [4.78, 5) is 50.1. The number of nitro groups is 1. The van der Waals surface area contributed by atoms with Crippen molar-refractivity contribution in [3.05, 3.63) is 52.1 Å². The summed E-state index contributed by atoms with van der Waals surface area (Å²) in [6, 6.07) is 3.50. The molecule has 2 amide bonds. The van der Waals surface area contributed by atoms with Gasteiger partial charge in [0.25, 0.3) is 11.6 Å². The molecule has 0 bridgehead atoms. The molecule has 0 aromatic heterocycles. The first kappa shape index (κ1) is 21.0. The number of nitrogens with one attached hydrogen (secondary N) is 1. The summed E-state index contributed by atoms with van der Waals surface area (Å²) in [5.41, 5.74) is -0.367. The van der Waals surface area contributed by atoms with Gasteiger partial charge in [0.1, 0.15) is 0 Å². The van der Waals surface area contributed by atoms with Crippen LogP contribution in [0.1, 0.15) is 20.7 Å². The molecule has 10 nitrogen and oxygen atoms in total. The van der Waals surface area contributed by atoms with Crippen LogP contribution in [-0.4, -0.2) is 78.9 Å². The van der Waals surface area contributed by atoms with Crippen molar-refractivity contribution in [1.29, 1.82) is 0 Å². The van der Waals surface area contributed by atoms with E-state index in [2.05, 4.69) is 16.6 Å². The molecule has 10 heteroatoms. The van der Waals surface area contributed by atoms with Crippen molar-refractivity contribution in [3.63, 3.8) is 0 Å². The lowest BCUT2D eigenvalue weighted by atomic mass is 10.1. The first-order valence-corrected chi connectivity index (χ1v) is 8.62. The van der Waals surface area contributed by atoms with Gasteiger partial charge in [-0.25, -0.2) is 4.79 Å². The van der Waals surface area contributed by atoms with E-state index in [1.807, 2.05) is 4.90 Å². The van der Waals surface area contributed by atoms with Crippen LogP contribution in [0.2, 0.25) is 0 Å². The molecule has 1 aromatic carbocycles. The van der Waals surface area contributed by atoms with E-state index in [1.165, 1.54) is 11.0 Å². The van der Waals surface area contributed by atoms with Crippen LogP contribution in [-0.2, 0) is 9.53 Å². The second-order valence-corrected chi connectivity index (χ2v) is 6.18. The fraction of sp³-hybridized carbons (Fsp3) is 0.389. The van der Waals surface area contributed by atoms with Gasteiger partial charge in [0.15, 0.2) is 0 Å². The standard InChI is InChI=1S/C18H22N4O6/c1-3-4-19-16(23)12-20-5-7-21(8-6-20)17(24)13-9-14(18(25)28-2)11-15(10-13)22(26)27/h3,9-11H,1,4-8,12H2,2H3,(H,19,23). The predicted molar refractivity (Wildman–Crippen MR) is 100.0 cm³/mol. The van der Waals surface area contributed by atoms with Crippen LogP contribution < -0.4 is 5.32 Å². The maximum Gasteiger partial charge on any atom is 0.338 e. The lowest BCUT2D eigenvalue weighted by molar-refractivity contribution is -0.384. The van der Waals surface area contributed by atoms with Gasteiger partial charge in [0, 0.05) is 50.4 Å². The smallest absolute Gasteiger partial charge is 0.338 e. The molecule has 0 aliphatic carbocycles. The Morgan fingerprint density at radius 3 is 2.43 bits per heavy atom. The molecule has 150 valence electrons. The molecule has 0 radical (unpaired) electrons. The van der Waals surface area contributed by atoms with Crippen LogP contribution in [0.4, 0.5) is 5.69 Å². The third kappa shape index (κ3) is 5.36. The topological polar surface area (TPSA) is 122 Å². The number of carbonyl (C=O) groups excluding carboxylic acids is 3. The zero-order valence-electron chi connectivity index (χ0n) is 15.6. The number of carbonyl (C=O) groups is 3. The molecule has 1 N–H and O–H groups in total. The number of benzene rings is 1. The van der Waals surface area contributed by atoms with Crippen molar-refractivity contribution in [2.75, 3.05) is 46.4 Å². The molecule has 0 atom stereocenters. The number of non-ortho nitro benzene ring substituents is 1. The average Bonchev–Trinajstić information content (AvgIpc) is 2.71. The summed E-state index contributed by atoms with van der Waals surface area (Å²) < 4.78 is 4.59. The van der Waals surface area contributed by atoms with Gasteiger partial charge in [-0.15, -0.1) is 6.58 Å². The van der Waals surface area contributed by atoms with E-state index < -0.39 is 16.8 Å². The fourth-order valence-electron chi connectivity index (χ4n) is 2.81. The molecule has 2 rings (SSSR count). The van der Waals surface area contributed by atoms with Crippen LogP contribution >= 0.6 is 0 Å². The molecule has 1 heterocycles. The maximum atomic E-state index is 12.8. The number of nitrogens with zero attached hydrogens (tertiary/aromatic N) is 3. The number of hydrogen-bond acceptors (Lipinski definition) is 7. The summed E-state index contributed by atoms with van der Waals surface area (Å²) in [5.74, 6) is -1.29.